The Balaban J connectivity index is 1.90. The fourth-order valence-corrected chi connectivity index (χ4v) is 3.02. The van der Waals surface area contributed by atoms with Crippen LogP contribution in [0.4, 0.5) is 0 Å². The largest absolute Gasteiger partial charge is 0.508 e. The highest BCUT2D eigenvalue weighted by Crippen LogP contribution is 2.19. The first-order valence-corrected chi connectivity index (χ1v) is 9.37. The van der Waals surface area contributed by atoms with Crippen molar-refractivity contribution in [3.8, 4) is 0 Å². The van der Waals surface area contributed by atoms with E-state index in [0.29, 0.717) is 11.9 Å². The number of aromatic nitrogens is 1. The molecule has 0 bridgehead atoms. The topological polar surface area (TPSA) is 73.3 Å². The Hall–Kier alpha value is -2.23. The number of nitrogens with one attached hydrogen (secondary N) is 1. The first-order valence-electron chi connectivity index (χ1n) is 9.37. The lowest BCUT2D eigenvalue weighted by Gasteiger charge is -2.06. The Morgan fingerprint density at radius 3 is 2.32 bits per heavy atom. The predicted molar refractivity (Wildman–Crippen MR) is 104 cm³/mol. The lowest BCUT2D eigenvalue weighted by atomic mass is 10.1. The van der Waals surface area contributed by atoms with Crippen molar-refractivity contribution < 1.29 is 10.2 Å². The maximum absolute atomic E-state index is 12.1. The summed E-state index contributed by atoms with van der Waals surface area (Å²) >= 11 is 0. The number of allylic oxidation sites excluding steroid dienone is 1. The molecule has 0 amide bonds. The van der Waals surface area contributed by atoms with Gasteiger partial charge in [-0.1, -0.05) is 70.1 Å². The molecule has 1 aromatic heterocycles. The van der Waals surface area contributed by atoms with Crippen LogP contribution in [0.5, 0.6) is 0 Å². The van der Waals surface area contributed by atoms with E-state index in [1.165, 1.54) is 32.1 Å². The van der Waals surface area contributed by atoms with Crippen LogP contribution in [0.1, 0.15) is 70.3 Å². The van der Waals surface area contributed by atoms with Crippen molar-refractivity contribution >= 4 is 16.7 Å². The van der Waals surface area contributed by atoms with E-state index < -0.39 is 5.56 Å². The Kier molecular flexibility index (Phi) is 7.58. The molecule has 3 N–H and O–H groups in total. The number of para-hydroxylation sites is 1. The molecule has 0 atom stereocenters. The average molecular weight is 343 g/mol. The summed E-state index contributed by atoms with van der Waals surface area (Å²) in [5, 5.41) is 21.2. The number of H-pyrrole nitrogens is 1. The molecule has 0 spiro atoms. The third-order valence-electron chi connectivity index (χ3n) is 4.55. The smallest absolute Gasteiger partial charge is 0.259 e. The number of hydrogen-bond acceptors (Lipinski definition) is 3. The normalized spacial score (nSPS) is 12.4. The number of aliphatic hydroxyl groups excluding tert-OH is 2. The number of benzene rings is 1. The first-order chi connectivity index (χ1) is 12.1. The van der Waals surface area contributed by atoms with Gasteiger partial charge in [0.05, 0.1) is 5.56 Å². The summed E-state index contributed by atoms with van der Waals surface area (Å²) in [4.78, 5) is 14.9. The summed E-state index contributed by atoms with van der Waals surface area (Å²) in [7, 11) is 0. The molecule has 4 heteroatoms. The molecule has 25 heavy (non-hydrogen) atoms. The van der Waals surface area contributed by atoms with Gasteiger partial charge in [0.2, 0.25) is 0 Å². The second-order valence-corrected chi connectivity index (χ2v) is 6.62. The molecular formula is C21H29NO3. The molecule has 0 aliphatic carbocycles. The van der Waals surface area contributed by atoms with Gasteiger partial charge in [-0.15, -0.1) is 0 Å². The number of aromatic amines is 1. The fraction of sp³-hybridized carbons (Fsp3) is 0.476. The van der Waals surface area contributed by atoms with Crippen LogP contribution in [-0.2, 0) is 0 Å². The van der Waals surface area contributed by atoms with Crippen LogP contribution >= 0.6 is 0 Å². The fourth-order valence-electron chi connectivity index (χ4n) is 3.02. The van der Waals surface area contributed by atoms with Crippen LogP contribution < -0.4 is 5.56 Å². The van der Waals surface area contributed by atoms with Crippen molar-refractivity contribution in [3.05, 3.63) is 52.0 Å². The molecule has 0 saturated heterocycles. The Labute approximate surface area is 149 Å². The highest BCUT2D eigenvalue weighted by atomic mass is 16.3. The molecular weight excluding hydrogens is 314 g/mol. The SMILES string of the molecule is CCCCCCCCCCC(O)=C(O)c1cc2ccccc2[nH]c1=O. The summed E-state index contributed by atoms with van der Waals surface area (Å²) in [5.74, 6) is -0.415. The zero-order valence-corrected chi connectivity index (χ0v) is 15.1. The lowest BCUT2D eigenvalue weighted by Crippen LogP contribution is -2.12. The van der Waals surface area contributed by atoms with Gasteiger partial charge in [-0.25, -0.2) is 0 Å². The maximum Gasteiger partial charge on any atom is 0.259 e. The zero-order valence-electron chi connectivity index (χ0n) is 15.1. The molecule has 0 fully saturated rings. The molecule has 0 aliphatic heterocycles. The summed E-state index contributed by atoms with van der Waals surface area (Å²) < 4.78 is 0. The maximum atomic E-state index is 12.1. The molecule has 4 nitrogen and oxygen atoms in total. The van der Waals surface area contributed by atoms with Crippen molar-refractivity contribution in [1.29, 1.82) is 0 Å². The van der Waals surface area contributed by atoms with E-state index in [1.807, 2.05) is 24.3 Å². The van der Waals surface area contributed by atoms with Gasteiger partial charge < -0.3 is 15.2 Å². The minimum Gasteiger partial charge on any atom is -0.508 e. The van der Waals surface area contributed by atoms with Gasteiger partial charge in [-0.3, -0.25) is 4.79 Å². The van der Waals surface area contributed by atoms with Crippen LogP contribution in [-0.4, -0.2) is 15.2 Å². The summed E-state index contributed by atoms with van der Waals surface area (Å²) in [6.07, 6.45) is 9.74. The van der Waals surface area contributed by atoms with Gasteiger partial charge in [0, 0.05) is 11.9 Å². The highest BCUT2D eigenvalue weighted by Gasteiger charge is 2.12. The van der Waals surface area contributed by atoms with Crippen LogP contribution in [0.25, 0.3) is 16.7 Å². The number of unbranched alkanes of at least 4 members (excludes halogenated alkanes) is 7. The number of aliphatic hydroxyl groups is 2. The molecule has 1 aromatic carbocycles. The Bertz CT molecular complexity index is 761. The number of fused-ring (bicyclic) bond motifs is 1. The lowest BCUT2D eigenvalue weighted by molar-refractivity contribution is 0.354. The van der Waals surface area contributed by atoms with Crippen LogP contribution in [0.2, 0.25) is 0 Å². The third kappa shape index (κ3) is 5.66. The van der Waals surface area contributed by atoms with Crippen molar-refractivity contribution in [2.75, 3.05) is 0 Å². The van der Waals surface area contributed by atoms with E-state index in [4.69, 9.17) is 0 Å². The number of pyridine rings is 1. The van der Waals surface area contributed by atoms with E-state index in [1.54, 1.807) is 6.07 Å². The monoisotopic (exact) mass is 343 g/mol. The molecule has 0 saturated carbocycles. The average Bonchev–Trinajstić information content (AvgIpc) is 2.62. The second-order valence-electron chi connectivity index (χ2n) is 6.62. The minimum atomic E-state index is -0.390. The van der Waals surface area contributed by atoms with Crippen molar-refractivity contribution in [3.63, 3.8) is 0 Å². The number of rotatable bonds is 10. The van der Waals surface area contributed by atoms with Gasteiger partial charge in [0.15, 0.2) is 5.76 Å². The molecule has 2 rings (SSSR count). The molecule has 136 valence electrons. The van der Waals surface area contributed by atoms with Crippen LogP contribution in [0, 0.1) is 0 Å². The van der Waals surface area contributed by atoms with Gasteiger partial charge in [-0.05, 0) is 23.9 Å². The van der Waals surface area contributed by atoms with E-state index in [2.05, 4.69) is 11.9 Å². The van der Waals surface area contributed by atoms with Gasteiger partial charge in [-0.2, -0.15) is 0 Å². The van der Waals surface area contributed by atoms with Crippen molar-refractivity contribution in [2.45, 2.75) is 64.7 Å². The molecule has 2 aromatic rings. The summed E-state index contributed by atoms with van der Waals surface area (Å²) in [6, 6.07) is 8.99. The van der Waals surface area contributed by atoms with Crippen molar-refractivity contribution in [2.24, 2.45) is 0 Å². The Morgan fingerprint density at radius 2 is 1.60 bits per heavy atom. The van der Waals surface area contributed by atoms with Crippen LogP contribution in [0.15, 0.2) is 40.9 Å². The van der Waals surface area contributed by atoms with E-state index in [0.717, 1.165) is 24.6 Å². The molecule has 1 heterocycles. The van der Waals surface area contributed by atoms with Gasteiger partial charge >= 0.3 is 0 Å². The number of hydrogen-bond donors (Lipinski definition) is 3. The highest BCUT2D eigenvalue weighted by molar-refractivity contribution is 5.81. The van der Waals surface area contributed by atoms with E-state index in [9.17, 15) is 15.0 Å². The first kappa shape index (κ1) is 19.1. The van der Waals surface area contributed by atoms with E-state index >= 15 is 0 Å². The quantitative estimate of drug-likeness (QED) is 0.374. The summed E-state index contributed by atoms with van der Waals surface area (Å²) in [6.45, 7) is 2.21. The molecule has 0 unspecified atom stereocenters. The van der Waals surface area contributed by atoms with Gasteiger partial charge in [0.25, 0.3) is 5.56 Å². The summed E-state index contributed by atoms with van der Waals surface area (Å²) in [5.41, 5.74) is 0.445. The van der Waals surface area contributed by atoms with Crippen molar-refractivity contribution in [1.82, 2.24) is 4.98 Å². The minimum absolute atomic E-state index is 0.105. The standard InChI is InChI=1S/C21H29NO3/c1-2-3-4-5-6-7-8-9-14-19(23)20(24)17-15-16-12-10-11-13-18(16)22-21(17)25/h10-13,15,23-24H,2-9,14H2,1H3,(H,22,25). The predicted octanol–water partition coefficient (Wildman–Crippen LogP) is 5.84. The molecule has 0 aliphatic rings. The van der Waals surface area contributed by atoms with Gasteiger partial charge in [0.1, 0.15) is 5.76 Å². The third-order valence-corrected chi connectivity index (χ3v) is 4.55. The van der Waals surface area contributed by atoms with Crippen LogP contribution in [0.3, 0.4) is 0 Å². The Morgan fingerprint density at radius 1 is 0.960 bits per heavy atom. The second kappa shape index (κ2) is 9.92. The van der Waals surface area contributed by atoms with E-state index in [-0.39, 0.29) is 17.1 Å². The molecule has 0 radical (unpaired) electrons. The zero-order chi connectivity index (χ0) is 18.1.